The van der Waals surface area contributed by atoms with Crippen LogP contribution in [0.25, 0.3) is 0 Å². The van der Waals surface area contributed by atoms with Gasteiger partial charge in [0.1, 0.15) is 5.82 Å². The topological polar surface area (TPSA) is 51.3 Å². The third-order valence-corrected chi connectivity index (χ3v) is 5.51. The molecule has 1 atom stereocenters. The van der Waals surface area contributed by atoms with Crippen molar-refractivity contribution in [3.05, 3.63) is 98.6 Å². The fourth-order valence-corrected chi connectivity index (χ4v) is 4.09. The number of benzene rings is 2. The summed E-state index contributed by atoms with van der Waals surface area (Å²) in [6.07, 6.45) is 2.89. The highest BCUT2D eigenvalue weighted by Crippen LogP contribution is 2.38. The van der Waals surface area contributed by atoms with Gasteiger partial charge in [0.15, 0.2) is 0 Å². The Labute approximate surface area is 167 Å². The lowest BCUT2D eigenvalue weighted by Gasteiger charge is -2.31. The van der Waals surface area contributed by atoms with Gasteiger partial charge in [0.05, 0.1) is 11.0 Å². The van der Waals surface area contributed by atoms with Crippen molar-refractivity contribution < 1.29 is 9.31 Å². The van der Waals surface area contributed by atoms with E-state index in [0.717, 1.165) is 25.2 Å². The van der Waals surface area contributed by atoms with Crippen LogP contribution in [0.3, 0.4) is 0 Å². The summed E-state index contributed by atoms with van der Waals surface area (Å²) in [6, 6.07) is 14.9. The molecule has 0 fully saturated rings. The summed E-state index contributed by atoms with van der Waals surface area (Å²) in [5.74, 6) is -0.258. The minimum Gasteiger partial charge on any atom is -0.350 e. The van der Waals surface area contributed by atoms with Crippen molar-refractivity contribution >= 4 is 17.3 Å². The summed E-state index contributed by atoms with van der Waals surface area (Å²) >= 11 is 6.49. The van der Waals surface area contributed by atoms with E-state index in [-0.39, 0.29) is 17.5 Å². The molecule has 1 aliphatic rings. The molecular weight excluding hydrogens is 381 g/mol. The van der Waals surface area contributed by atoms with Crippen LogP contribution in [0, 0.1) is 15.9 Å². The van der Waals surface area contributed by atoms with Crippen LogP contribution in [0.5, 0.6) is 0 Å². The maximum atomic E-state index is 14.3. The van der Waals surface area contributed by atoms with Gasteiger partial charge in [-0.1, -0.05) is 29.8 Å². The Morgan fingerprint density at radius 1 is 1.14 bits per heavy atom. The Balaban J connectivity index is 1.83. The van der Waals surface area contributed by atoms with Crippen molar-refractivity contribution in [1.82, 2.24) is 9.47 Å². The Bertz CT molecular complexity index is 1020. The molecule has 144 valence electrons. The van der Waals surface area contributed by atoms with Crippen LogP contribution in [0.4, 0.5) is 10.1 Å². The first-order valence-electron chi connectivity index (χ1n) is 9.11. The molecule has 2 aromatic carbocycles. The summed E-state index contributed by atoms with van der Waals surface area (Å²) in [5.41, 5.74) is 2.24. The average Bonchev–Trinajstić information content (AvgIpc) is 3.06. The molecule has 1 aliphatic heterocycles. The molecule has 0 aliphatic carbocycles. The average molecular weight is 400 g/mol. The van der Waals surface area contributed by atoms with Gasteiger partial charge in [-0.15, -0.1) is 0 Å². The minimum absolute atomic E-state index is 0.00686. The normalized spacial score (nSPS) is 17.1. The number of hydrogen-bond donors (Lipinski definition) is 0. The van der Waals surface area contributed by atoms with Gasteiger partial charge >= 0.3 is 0 Å². The van der Waals surface area contributed by atoms with Crippen LogP contribution < -0.4 is 0 Å². The standard InChI is InChI=1S/C21H19ClFN3O2/c22-18-9-8-16(26(27)28)13-17(18)21-20-7-3-10-24(20)11-4-12-25(21)14-15-5-1-2-6-19(15)23/h1-3,5-10,13,21H,4,11-12,14H2/t21-/m1/s1. The predicted molar refractivity (Wildman–Crippen MR) is 106 cm³/mol. The number of nitrogens with zero attached hydrogens (tertiary/aromatic N) is 3. The van der Waals surface area contributed by atoms with E-state index in [9.17, 15) is 14.5 Å². The first-order valence-corrected chi connectivity index (χ1v) is 9.49. The van der Waals surface area contributed by atoms with Gasteiger partial charge < -0.3 is 4.57 Å². The molecule has 5 nitrogen and oxygen atoms in total. The number of nitro benzene ring substituents is 1. The van der Waals surface area contributed by atoms with Crippen molar-refractivity contribution in [3.8, 4) is 0 Å². The molecule has 0 saturated carbocycles. The van der Waals surface area contributed by atoms with E-state index in [1.165, 1.54) is 18.2 Å². The van der Waals surface area contributed by atoms with Gasteiger partial charge in [-0.25, -0.2) is 4.39 Å². The summed E-state index contributed by atoms with van der Waals surface area (Å²) in [6.45, 7) is 1.94. The van der Waals surface area contributed by atoms with E-state index < -0.39 is 4.92 Å². The predicted octanol–water partition coefficient (Wildman–Crippen LogP) is 5.18. The second kappa shape index (κ2) is 7.73. The van der Waals surface area contributed by atoms with E-state index in [2.05, 4.69) is 9.47 Å². The number of non-ortho nitro benzene ring substituents is 1. The lowest BCUT2D eigenvalue weighted by atomic mass is 10.00. The fraction of sp³-hybridized carbons (Fsp3) is 0.238. The number of hydrogen-bond acceptors (Lipinski definition) is 3. The van der Waals surface area contributed by atoms with Crippen LogP contribution >= 0.6 is 11.6 Å². The molecule has 0 amide bonds. The second-order valence-corrected chi connectivity index (χ2v) is 7.31. The zero-order valence-electron chi connectivity index (χ0n) is 15.1. The van der Waals surface area contributed by atoms with Crippen molar-refractivity contribution in [1.29, 1.82) is 0 Å². The van der Waals surface area contributed by atoms with E-state index in [4.69, 9.17) is 11.6 Å². The summed E-state index contributed by atoms with van der Waals surface area (Å²) in [5, 5.41) is 11.8. The third kappa shape index (κ3) is 3.53. The van der Waals surface area contributed by atoms with Crippen LogP contribution in [0.2, 0.25) is 5.02 Å². The number of aromatic nitrogens is 1. The molecule has 4 rings (SSSR count). The van der Waals surface area contributed by atoms with Gasteiger partial charge in [0.2, 0.25) is 0 Å². The molecule has 28 heavy (non-hydrogen) atoms. The highest BCUT2D eigenvalue weighted by Gasteiger charge is 2.30. The largest absolute Gasteiger partial charge is 0.350 e. The van der Waals surface area contributed by atoms with Crippen molar-refractivity contribution in [2.24, 2.45) is 0 Å². The molecule has 0 radical (unpaired) electrons. The molecule has 0 bridgehead atoms. The first-order chi connectivity index (χ1) is 13.5. The molecule has 0 unspecified atom stereocenters. The Morgan fingerprint density at radius 2 is 1.96 bits per heavy atom. The highest BCUT2D eigenvalue weighted by molar-refractivity contribution is 6.31. The zero-order valence-corrected chi connectivity index (χ0v) is 15.8. The number of nitro groups is 1. The maximum Gasteiger partial charge on any atom is 0.269 e. The molecule has 1 aromatic heterocycles. The van der Waals surface area contributed by atoms with Gasteiger partial charge in [-0.05, 0) is 30.7 Å². The Morgan fingerprint density at radius 3 is 2.75 bits per heavy atom. The summed E-state index contributed by atoms with van der Waals surface area (Å²) in [7, 11) is 0. The Hall–Kier alpha value is -2.70. The molecule has 0 N–H and O–H groups in total. The van der Waals surface area contributed by atoms with Crippen LogP contribution in [-0.2, 0) is 13.1 Å². The summed E-state index contributed by atoms with van der Waals surface area (Å²) < 4.78 is 16.5. The minimum atomic E-state index is -0.420. The van der Waals surface area contributed by atoms with E-state index in [1.54, 1.807) is 18.2 Å². The monoisotopic (exact) mass is 399 g/mol. The molecule has 7 heteroatoms. The van der Waals surface area contributed by atoms with Crippen molar-refractivity contribution in [2.75, 3.05) is 6.54 Å². The number of fused-ring (bicyclic) bond motifs is 1. The quantitative estimate of drug-likeness (QED) is 0.448. The van der Waals surface area contributed by atoms with Gasteiger partial charge in [0.25, 0.3) is 5.69 Å². The Kier molecular flexibility index (Phi) is 5.15. The SMILES string of the molecule is O=[N+]([O-])c1ccc(Cl)c([C@@H]2c3cccn3CCCN2Cc2ccccc2F)c1. The zero-order chi connectivity index (χ0) is 19.7. The van der Waals surface area contributed by atoms with Crippen LogP contribution in [0.15, 0.2) is 60.8 Å². The lowest BCUT2D eigenvalue weighted by Crippen LogP contribution is -2.30. The molecular formula is C21H19ClFN3O2. The maximum absolute atomic E-state index is 14.3. The van der Waals surface area contributed by atoms with Crippen molar-refractivity contribution in [2.45, 2.75) is 25.6 Å². The number of rotatable bonds is 4. The molecule has 0 saturated heterocycles. The smallest absolute Gasteiger partial charge is 0.269 e. The molecule has 2 heterocycles. The molecule has 3 aromatic rings. The number of aryl methyl sites for hydroxylation is 1. The van der Waals surface area contributed by atoms with Gasteiger partial charge in [0, 0.05) is 59.8 Å². The van der Waals surface area contributed by atoms with Crippen molar-refractivity contribution in [3.63, 3.8) is 0 Å². The van der Waals surface area contributed by atoms with E-state index in [0.29, 0.717) is 22.7 Å². The van der Waals surface area contributed by atoms with Gasteiger partial charge in [-0.3, -0.25) is 15.0 Å². The first kappa shape index (κ1) is 18.7. The summed E-state index contributed by atoms with van der Waals surface area (Å²) in [4.78, 5) is 13.0. The molecule has 0 spiro atoms. The van der Waals surface area contributed by atoms with Gasteiger partial charge in [-0.2, -0.15) is 0 Å². The van der Waals surface area contributed by atoms with E-state index >= 15 is 0 Å². The van der Waals surface area contributed by atoms with Crippen LogP contribution in [0.1, 0.15) is 29.3 Å². The fourth-order valence-electron chi connectivity index (χ4n) is 3.87. The highest BCUT2D eigenvalue weighted by atomic mass is 35.5. The lowest BCUT2D eigenvalue weighted by molar-refractivity contribution is -0.384. The third-order valence-electron chi connectivity index (χ3n) is 5.17. The second-order valence-electron chi connectivity index (χ2n) is 6.91. The number of halogens is 2. The van der Waals surface area contributed by atoms with Crippen LogP contribution in [-0.4, -0.2) is 20.9 Å². The van der Waals surface area contributed by atoms with E-state index in [1.807, 2.05) is 24.4 Å².